The van der Waals surface area contributed by atoms with Crippen molar-refractivity contribution in [1.82, 2.24) is 9.62 Å². The lowest BCUT2D eigenvalue weighted by Gasteiger charge is -2.27. The Morgan fingerprint density at radius 2 is 1.75 bits per heavy atom. The van der Waals surface area contributed by atoms with Crippen LogP contribution in [0, 0.1) is 17.7 Å². The summed E-state index contributed by atoms with van der Waals surface area (Å²) in [6, 6.07) is 8.79. The first-order valence-corrected chi connectivity index (χ1v) is 15.1. The van der Waals surface area contributed by atoms with E-state index >= 15 is 0 Å². The van der Waals surface area contributed by atoms with Crippen molar-refractivity contribution in [2.75, 3.05) is 25.6 Å². The predicted octanol–water partition coefficient (Wildman–Crippen LogP) is 3.93. The molecule has 2 fully saturated rings. The van der Waals surface area contributed by atoms with Crippen molar-refractivity contribution >= 4 is 27.5 Å². The summed E-state index contributed by atoms with van der Waals surface area (Å²) in [4.78, 5) is 28.5. The maximum Gasteiger partial charge on any atom is 0.254 e. The molecule has 2 aromatic carbocycles. The van der Waals surface area contributed by atoms with Gasteiger partial charge in [-0.25, -0.2) is 17.5 Å². The van der Waals surface area contributed by atoms with Gasteiger partial charge in [0.1, 0.15) is 22.5 Å². The third-order valence-electron chi connectivity index (χ3n) is 7.83. The Morgan fingerprint density at radius 1 is 1.07 bits per heavy atom. The van der Waals surface area contributed by atoms with E-state index in [9.17, 15) is 27.5 Å². The molecule has 11 heteroatoms. The van der Waals surface area contributed by atoms with Crippen LogP contribution in [0.25, 0.3) is 0 Å². The highest BCUT2D eigenvalue weighted by molar-refractivity contribution is 7.89. The van der Waals surface area contributed by atoms with Gasteiger partial charge in [-0.3, -0.25) is 9.59 Å². The lowest BCUT2D eigenvalue weighted by Crippen LogP contribution is -2.46. The van der Waals surface area contributed by atoms with E-state index in [4.69, 9.17) is 4.74 Å². The molecule has 0 bridgehead atoms. The Morgan fingerprint density at radius 3 is 2.38 bits per heavy atom. The van der Waals surface area contributed by atoms with Crippen molar-refractivity contribution in [2.45, 2.75) is 68.8 Å². The second kappa shape index (κ2) is 12.2. The highest BCUT2D eigenvalue weighted by Crippen LogP contribution is 2.38. The van der Waals surface area contributed by atoms with E-state index in [1.54, 1.807) is 18.7 Å². The van der Waals surface area contributed by atoms with E-state index in [1.165, 1.54) is 56.0 Å². The number of rotatable bonds is 9. The second-order valence-corrected chi connectivity index (χ2v) is 13.0. The van der Waals surface area contributed by atoms with Crippen LogP contribution in [-0.2, 0) is 14.8 Å². The number of hydrogen-bond donors (Lipinski definition) is 3. The standard InChI is InChI=1S/C29H38FN3O6S/c1-29(2,18-34)32-40(37,38)26-14-13-23(16-25(26)39-3)31-27(35)24-15-21(19-7-5-4-6-8-19)17-33(24)28(36)20-9-11-22(30)12-10-20/h9-14,16,19,21,24,32,34H,4-8,15,17-18H2,1-3H3,(H,31,35)/t21-,24+/m1/s1. The van der Waals surface area contributed by atoms with E-state index in [-0.39, 0.29) is 28.4 Å². The molecule has 0 aromatic heterocycles. The molecule has 218 valence electrons. The Bertz CT molecular complexity index is 1330. The maximum absolute atomic E-state index is 13.6. The van der Waals surface area contributed by atoms with Gasteiger partial charge in [-0.2, -0.15) is 0 Å². The highest BCUT2D eigenvalue weighted by atomic mass is 32.2. The first-order valence-electron chi connectivity index (χ1n) is 13.6. The van der Waals surface area contributed by atoms with Gasteiger partial charge < -0.3 is 20.1 Å². The Hall–Kier alpha value is -3.02. The molecule has 0 unspecified atom stereocenters. The van der Waals surface area contributed by atoms with Crippen LogP contribution in [0.1, 0.15) is 62.7 Å². The minimum absolute atomic E-state index is 0.0183. The third kappa shape index (κ3) is 6.82. The molecule has 2 amide bonds. The molecule has 3 N–H and O–H groups in total. The number of aliphatic hydroxyl groups is 1. The fourth-order valence-corrected chi connectivity index (χ4v) is 7.25. The summed E-state index contributed by atoms with van der Waals surface area (Å²) >= 11 is 0. The zero-order chi connectivity index (χ0) is 29.1. The summed E-state index contributed by atoms with van der Waals surface area (Å²) < 4.78 is 47.1. The van der Waals surface area contributed by atoms with Gasteiger partial charge in [0.2, 0.25) is 15.9 Å². The molecule has 1 aliphatic heterocycles. The SMILES string of the molecule is COc1cc(NC(=O)[C@@H]2C[C@@H](C3CCCCC3)CN2C(=O)c2ccc(F)cc2)ccc1S(=O)(=O)NC(C)(C)CO. The zero-order valence-corrected chi connectivity index (χ0v) is 24.0. The number of halogens is 1. The smallest absolute Gasteiger partial charge is 0.254 e. The van der Waals surface area contributed by atoms with Crippen LogP contribution in [0.15, 0.2) is 47.4 Å². The number of carbonyl (C=O) groups excluding carboxylic acids is 2. The largest absolute Gasteiger partial charge is 0.495 e. The number of aliphatic hydroxyl groups excluding tert-OH is 1. The Labute approximate surface area is 235 Å². The van der Waals surface area contributed by atoms with Crippen LogP contribution < -0.4 is 14.8 Å². The molecule has 1 heterocycles. The number of methoxy groups -OCH3 is 1. The number of nitrogens with zero attached hydrogens (tertiary/aromatic N) is 1. The minimum atomic E-state index is -4.03. The highest BCUT2D eigenvalue weighted by Gasteiger charge is 2.43. The van der Waals surface area contributed by atoms with Crippen LogP contribution in [0.3, 0.4) is 0 Å². The van der Waals surface area contributed by atoms with E-state index in [0.29, 0.717) is 30.1 Å². The molecule has 2 atom stereocenters. The first-order chi connectivity index (χ1) is 18.9. The lowest BCUT2D eigenvalue weighted by molar-refractivity contribution is -0.119. The average molecular weight is 576 g/mol. The molecule has 1 aliphatic carbocycles. The normalized spacial score (nSPS) is 20.4. The number of amides is 2. The topological polar surface area (TPSA) is 125 Å². The van der Waals surface area contributed by atoms with Gasteiger partial charge in [0.05, 0.1) is 19.3 Å². The fraction of sp³-hybridized carbons (Fsp3) is 0.517. The molecule has 9 nitrogen and oxygen atoms in total. The van der Waals surface area contributed by atoms with Crippen LogP contribution in [0.4, 0.5) is 10.1 Å². The average Bonchev–Trinajstić information content (AvgIpc) is 3.39. The summed E-state index contributed by atoms with van der Waals surface area (Å²) in [6.45, 7) is 3.14. The van der Waals surface area contributed by atoms with Gasteiger partial charge >= 0.3 is 0 Å². The molecule has 1 saturated heterocycles. The van der Waals surface area contributed by atoms with Crippen molar-refractivity contribution in [2.24, 2.45) is 11.8 Å². The van der Waals surface area contributed by atoms with E-state index in [1.807, 2.05) is 0 Å². The number of ether oxygens (including phenoxy) is 1. The molecular weight excluding hydrogens is 537 g/mol. The van der Waals surface area contributed by atoms with Gasteiger partial charge in [0.15, 0.2) is 0 Å². The van der Waals surface area contributed by atoms with Gasteiger partial charge in [0.25, 0.3) is 5.91 Å². The van der Waals surface area contributed by atoms with Crippen LogP contribution in [-0.4, -0.2) is 62.1 Å². The molecule has 2 aliphatic rings. The van der Waals surface area contributed by atoms with Gasteiger partial charge in [-0.15, -0.1) is 0 Å². The minimum Gasteiger partial charge on any atom is -0.495 e. The molecular formula is C29H38FN3O6S. The van der Waals surface area contributed by atoms with Gasteiger partial charge in [-0.05, 0) is 68.5 Å². The summed E-state index contributed by atoms with van der Waals surface area (Å²) in [7, 11) is -2.71. The molecule has 0 radical (unpaired) electrons. The summed E-state index contributed by atoms with van der Waals surface area (Å²) in [5.41, 5.74) is -0.454. The van der Waals surface area contributed by atoms with Crippen molar-refractivity contribution in [3.05, 3.63) is 53.8 Å². The van der Waals surface area contributed by atoms with Crippen molar-refractivity contribution < 1.29 is 32.2 Å². The van der Waals surface area contributed by atoms with Crippen LogP contribution in [0.5, 0.6) is 5.75 Å². The van der Waals surface area contributed by atoms with Gasteiger partial charge in [0, 0.05) is 23.9 Å². The number of likely N-dealkylation sites (tertiary alicyclic amines) is 1. The van der Waals surface area contributed by atoms with E-state index in [0.717, 1.165) is 25.7 Å². The zero-order valence-electron chi connectivity index (χ0n) is 23.2. The van der Waals surface area contributed by atoms with Crippen molar-refractivity contribution in [3.63, 3.8) is 0 Å². The molecule has 0 spiro atoms. The Balaban J connectivity index is 1.57. The van der Waals surface area contributed by atoms with E-state index in [2.05, 4.69) is 10.0 Å². The number of carbonyl (C=O) groups is 2. The van der Waals surface area contributed by atoms with E-state index < -0.39 is 34.0 Å². The van der Waals surface area contributed by atoms with Crippen molar-refractivity contribution in [1.29, 1.82) is 0 Å². The molecule has 40 heavy (non-hydrogen) atoms. The predicted molar refractivity (Wildman–Crippen MR) is 149 cm³/mol. The maximum atomic E-state index is 13.6. The lowest BCUT2D eigenvalue weighted by atomic mass is 9.79. The third-order valence-corrected chi connectivity index (χ3v) is 9.57. The van der Waals surface area contributed by atoms with Crippen LogP contribution >= 0.6 is 0 Å². The summed E-state index contributed by atoms with van der Waals surface area (Å²) in [5.74, 6) is -0.508. The quantitative estimate of drug-likeness (QED) is 0.416. The van der Waals surface area contributed by atoms with Crippen molar-refractivity contribution in [3.8, 4) is 5.75 Å². The number of nitrogens with one attached hydrogen (secondary N) is 2. The monoisotopic (exact) mass is 575 g/mol. The fourth-order valence-electron chi connectivity index (χ4n) is 5.69. The number of benzene rings is 2. The number of anilines is 1. The second-order valence-electron chi connectivity index (χ2n) is 11.4. The molecule has 2 aromatic rings. The number of sulfonamides is 1. The number of hydrogen-bond acceptors (Lipinski definition) is 6. The summed E-state index contributed by atoms with van der Waals surface area (Å²) in [6.07, 6.45) is 6.16. The first kappa shape index (κ1) is 30.0. The van der Waals surface area contributed by atoms with Crippen LogP contribution in [0.2, 0.25) is 0 Å². The Kier molecular flexibility index (Phi) is 9.16. The summed E-state index contributed by atoms with van der Waals surface area (Å²) in [5, 5.41) is 12.3. The molecule has 4 rings (SSSR count). The molecule has 1 saturated carbocycles. The van der Waals surface area contributed by atoms with Gasteiger partial charge in [-0.1, -0.05) is 32.1 Å².